The van der Waals surface area contributed by atoms with Crippen LogP contribution < -0.4 is 0 Å². The Morgan fingerprint density at radius 3 is 2.23 bits per heavy atom. The van der Waals surface area contributed by atoms with E-state index < -0.39 is 0 Å². The molecule has 0 spiro atoms. The first kappa shape index (κ1) is 11.4. The molecular formula is C12H3Fe. The quantitative estimate of drug-likeness (QED) is 0.347. The van der Waals surface area contributed by atoms with Crippen LogP contribution in [0.2, 0.25) is 0 Å². The fraction of sp³-hybridized carbons (Fsp3) is 0. The molecular weight excluding hydrogens is 200 g/mol. The van der Waals surface area contributed by atoms with Gasteiger partial charge in [0.15, 0.2) is 0 Å². The zero-order chi connectivity index (χ0) is 8.65. The van der Waals surface area contributed by atoms with Crippen LogP contribution in [0.5, 0.6) is 0 Å². The van der Waals surface area contributed by atoms with Crippen molar-refractivity contribution in [2.75, 3.05) is 0 Å². The normalized spacial score (nSPS) is 10.9. The minimum atomic E-state index is 0. The van der Waals surface area contributed by atoms with Crippen LogP contribution in [0.3, 0.4) is 0 Å². The van der Waals surface area contributed by atoms with Gasteiger partial charge in [-0.25, -0.2) is 11.5 Å². The Bertz CT molecular complexity index is 437. The Morgan fingerprint density at radius 2 is 2.00 bits per heavy atom. The molecule has 0 N–H and O–H groups in total. The predicted octanol–water partition coefficient (Wildman–Crippen LogP) is 2.01. The summed E-state index contributed by atoms with van der Waals surface area (Å²) in [6.07, 6.45) is 9.39. The molecule has 59 valence electrons. The van der Waals surface area contributed by atoms with Crippen LogP contribution >= 0.6 is 0 Å². The van der Waals surface area contributed by atoms with Crippen molar-refractivity contribution in [3.63, 3.8) is 0 Å². The smallest absolute Gasteiger partial charge is 0.288 e. The maximum absolute atomic E-state index is 3.50. The number of hydrogen-bond acceptors (Lipinski definition) is 0. The van der Waals surface area contributed by atoms with E-state index in [1.54, 1.807) is 6.08 Å². The SMILES string of the molecule is C=CC1=C=C=C=[C-]1.[C]1=C=C=C=[C-]1.[Fe+2]. The minimum absolute atomic E-state index is 0. The maximum Gasteiger partial charge on any atom is 2.00 e. The standard InChI is InChI=1S/C7H3.C5.Fe/c1-2-7-5-3-4-6-7;1-2-4-5-3-1;/h2H,1H2;;/q2*-1;+2. The Kier molecular flexibility index (Phi) is 6.23. The predicted molar refractivity (Wildman–Crippen MR) is 44.5 cm³/mol. The summed E-state index contributed by atoms with van der Waals surface area (Å²) in [4.78, 5) is 0. The van der Waals surface area contributed by atoms with Crippen molar-refractivity contribution in [3.8, 4) is 0 Å². The minimum Gasteiger partial charge on any atom is -0.288 e. The van der Waals surface area contributed by atoms with E-state index in [1.165, 1.54) is 0 Å². The Labute approximate surface area is 88.1 Å². The fourth-order valence-corrected chi connectivity index (χ4v) is 0.487. The van der Waals surface area contributed by atoms with Gasteiger partial charge in [0.05, 0.1) is 0 Å². The third-order valence-electron chi connectivity index (χ3n) is 0.973. The number of hydrogen-bond donors (Lipinski definition) is 0. The first-order valence-corrected chi connectivity index (χ1v) is 3.20. The topological polar surface area (TPSA) is 0 Å². The van der Waals surface area contributed by atoms with E-state index in [9.17, 15) is 0 Å². The van der Waals surface area contributed by atoms with Crippen molar-refractivity contribution in [1.29, 1.82) is 0 Å². The van der Waals surface area contributed by atoms with E-state index in [0.29, 0.717) is 0 Å². The van der Waals surface area contributed by atoms with Gasteiger partial charge in [-0.05, 0) is 0 Å². The van der Waals surface area contributed by atoms with E-state index in [4.69, 9.17) is 0 Å². The van der Waals surface area contributed by atoms with Gasteiger partial charge in [0.1, 0.15) is 0 Å². The van der Waals surface area contributed by atoms with Gasteiger partial charge in [0.25, 0.3) is 0 Å². The maximum atomic E-state index is 3.50. The second-order valence-electron chi connectivity index (χ2n) is 1.74. The molecule has 0 saturated carbocycles. The van der Waals surface area contributed by atoms with Gasteiger partial charge in [-0.15, -0.1) is 30.4 Å². The van der Waals surface area contributed by atoms with E-state index >= 15 is 0 Å². The molecule has 0 amide bonds. The van der Waals surface area contributed by atoms with Crippen molar-refractivity contribution in [1.82, 2.24) is 0 Å². The molecule has 0 aromatic rings. The molecule has 0 fully saturated rings. The zero-order valence-corrected chi connectivity index (χ0v) is 7.74. The van der Waals surface area contributed by atoms with Crippen molar-refractivity contribution in [2.45, 2.75) is 0 Å². The Hall–Kier alpha value is -1.58. The van der Waals surface area contributed by atoms with E-state index in [0.717, 1.165) is 5.57 Å². The molecule has 0 atom stereocenters. The average Bonchev–Trinajstić information content (AvgIpc) is 2.81. The molecule has 2 aliphatic carbocycles. The van der Waals surface area contributed by atoms with Crippen molar-refractivity contribution < 1.29 is 17.1 Å². The van der Waals surface area contributed by atoms with Gasteiger partial charge in [0, 0.05) is 0 Å². The van der Waals surface area contributed by atoms with E-state index in [-0.39, 0.29) is 17.1 Å². The third kappa shape index (κ3) is 4.79. The average molecular weight is 203 g/mol. The number of rotatable bonds is 1. The van der Waals surface area contributed by atoms with Crippen LogP contribution in [0.1, 0.15) is 0 Å². The summed E-state index contributed by atoms with van der Waals surface area (Å²) in [7, 11) is 0. The van der Waals surface area contributed by atoms with Gasteiger partial charge in [-0.2, -0.15) is 11.5 Å². The molecule has 2 aliphatic rings. The molecule has 1 heteroatoms. The second kappa shape index (κ2) is 7.09. The van der Waals surface area contributed by atoms with Crippen molar-refractivity contribution >= 4 is 0 Å². The molecule has 0 saturated heterocycles. The van der Waals surface area contributed by atoms with Gasteiger partial charge >= 0.3 is 17.1 Å². The summed E-state index contributed by atoms with van der Waals surface area (Å²) < 4.78 is 0. The van der Waals surface area contributed by atoms with Crippen LogP contribution in [-0.2, 0) is 17.1 Å². The summed E-state index contributed by atoms with van der Waals surface area (Å²) in [6.45, 7) is 3.50. The molecule has 2 rings (SSSR count). The van der Waals surface area contributed by atoms with Gasteiger partial charge in [-0.3, -0.25) is 11.5 Å². The summed E-state index contributed by atoms with van der Waals surface area (Å²) in [5, 5.41) is 0. The molecule has 0 aromatic heterocycles. The Morgan fingerprint density at radius 1 is 1.15 bits per heavy atom. The Balaban J connectivity index is 0.000000215. The third-order valence-corrected chi connectivity index (χ3v) is 0.973. The fourth-order valence-electron chi connectivity index (χ4n) is 0.487. The van der Waals surface area contributed by atoms with Crippen LogP contribution in [0, 0.1) is 18.2 Å². The molecule has 0 aromatic carbocycles. The van der Waals surface area contributed by atoms with Gasteiger partial charge in [0.2, 0.25) is 0 Å². The molecule has 1 radical (unpaired) electrons. The van der Waals surface area contributed by atoms with Crippen LogP contribution in [0.15, 0.2) is 52.6 Å². The zero-order valence-electron chi connectivity index (χ0n) is 6.64. The first-order valence-electron chi connectivity index (χ1n) is 3.20. The van der Waals surface area contributed by atoms with Crippen molar-refractivity contribution in [2.24, 2.45) is 0 Å². The number of allylic oxidation sites excluding steroid dienone is 5. The largest absolute Gasteiger partial charge is 2.00 e. The van der Waals surface area contributed by atoms with Gasteiger partial charge in [-0.1, -0.05) is 6.08 Å². The molecule has 0 unspecified atom stereocenters. The van der Waals surface area contributed by atoms with E-state index in [2.05, 4.69) is 59.2 Å². The molecule has 0 bridgehead atoms. The van der Waals surface area contributed by atoms with E-state index in [1.807, 2.05) is 0 Å². The summed E-state index contributed by atoms with van der Waals surface area (Å²) in [5.41, 5.74) is 16.3. The molecule has 0 nitrogen and oxygen atoms in total. The summed E-state index contributed by atoms with van der Waals surface area (Å²) >= 11 is 0. The van der Waals surface area contributed by atoms with Crippen LogP contribution in [-0.4, -0.2) is 0 Å². The summed E-state index contributed by atoms with van der Waals surface area (Å²) in [5.74, 6) is 0. The molecule has 13 heavy (non-hydrogen) atoms. The first-order chi connectivity index (χ1) is 5.93. The summed E-state index contributed by atoms with van der Waals surface area (Å²) in [6, 6.07) is 0. The second-order valence-corrected chi connectivity index (χ2v) is 1.74. The van der Waals surface area contributed by atoms with Gasteiger partial charge < -0.3 is 0 Å². The van der Waals surface area contributed by atoms with Crippen LogP contribution in [0.25, 0.3) is 0 Å². The van der Waals surface area contributed by atoms with Crippen molar-refractivity contribution in [3.05, 3.63) is 70.8 Å². The monoisotopic (exact) mass is 203 g/mol. The van der Waals surface area contributed by atoms with Crippen LogP contribution in [0.4, 0.5) is 0 Å². The molecule has 0 aliphatic heterocycles. The molecule has 0 heterocycles.